The molecule has 0 heterocycles. The number of carbonyl (C=O) groups is 3. The molecule has 0 bridgehead atoms. The molecule has 256 valence electrons. The van der Waals surface area contributed by atoms with Crippen molar-refractivity contribution in [3.63, 3.8) is 0 Å². The number of para-hydroxylation sites is 1. The number of nitrogens with two attached hydrogens (primary N) is 2. The summed E-state index contributed by atoms with van der Waals surface area (Å²) < 4.78 is 5.34. The fourth-order valence-corrected chi connectivity index (χ4v) is 4.68. The number of ether oxygens (including phenoxy) is 1. The predicted molar refractivity (Wildman–Crippen MR) is 180 cm³/mol. The van der Waals surface area contributed by atoms with Crippen LogP contribution in [0.2, 0.25) is 0 Å². The van der Waals surface area contributed by atoms with Crippen LogP contribution in [-0.4, -0.2) is 88.7 Å². The maximum absolute atomic E-state index is 12.8. The molecule has 0 aliphatic rings. The van der Waals surface area contributed by atoms with Gasteiger partial charge in [0.2, 0.25) is 17.7 Å². The molecule has 2 atom stereocenters. The zero-order valence-electron chi connectivity index (χ0n) is 27.6. The molecule has 0 aliphatic carbocycles. The van der Waals surface area contributed by atoms with E-state index in [-0.39, 0.29) is 36.0 Å². The number of benzene rings is 1. The van der Waals surface area contributed by atoms with E-state index >= 15 is 0 Å². The Kier molecular flexibility index (Phi) is 21.9. The Hall–Kier alpha value is -3.42. The van der Waals surface area contributed by atoms with Gasteiger partial charge in [-0.15, -0.1) is 0 Å². The van der Waals surface area contributed by atoms with Crippen LogP contribution in [0.5, 0.6) is 5.75 Å². The van der Waals surface area contributed by atoms with Gasteiger partial charge in [-0.25, -0.2) is 0 Å². The standard InChI is InChI=1S/C32H59N9O4/c1-24(2)22-27(41-29(42)23-25-12-5-6-14-28(25)45-3)31(44)39-19-8-4-7-15-36-16-10-17-37-18-11-21-38-30(43)26(33)13-9-20-40-32(34)35/h5-6,12,14,24,26-27,36-37H,4,7-11,13,15-23,33H2,1-3H3,(H,38,43)(H,39,44)(H,41,42)(H4,34,35,40). The van der Waals surface area contributed by atoms with Gasteiger partial charge in [-0.1, -0.05) is 38.5 Å². The van der Waals surface area contributed by atoms with Crippen LogP contribution >= 0.6 is 0 Å². The highest BCUT2D eigenvalue weighted by Gasteiger charge is 2.22. The number of hydrogen-bond donors (Lipinski definition) is 9. The average Bonchev–Trinajstić information content (AvgIpc) is 3.00. The van der Waals surface area contributed by atoms with Gasteiger partial charge in [0.1, 0.15) is 11.8 Å². The van der Waals surface area contributed by atoms with Crippen LogP contribution < -0.4 is 48.1 Å². The molecule has 0 aliphatic heterocycles. The summed E-state index contributed by atoms with van der Waals surface area (Å²) >= 11 is 0. The van der Waals surface area contributed by atoms with Gasteiger partial charge >= 0.3 is 0 Å². The van der Waals surface area contributed by atoms with Crippen molar-refractivity contribution in [2.24, 2.45) is 17.4 Å². The topological polar surface area (TPSA) is 209 Å². The molecule has 0 fully saturated rings. The Labute approximate surface area is 269 Å². The third-order valence-electron chi connectivity index (χ3n) is 7.11. The second-order valence-corrected chi connectivity index (χ2v) is 11.7. The van der Waals surface area contributed by atoms with Gasteiger partial charge in [0.25, 0.3) is 0 Å². The van der Waals surface area contributed by atoms with E-state index in [2.05, 4.69) is 31.9 Å². The van der Waals surface area contributed by atoms with Gasteiger partial charge < -0.3 is 48.1 Å². The molecule has 3 amide bonds. The molecule has 1 aromatic carbocycles. The molecule has 0 aromatic heterocycles. The maximum Gasteiger partial charge on any atom is 0.242 e. The number of unbranched alkanes of at least 4 members (excludes halogenated alkanes) is 2. The lowest BCUT2D eigenvalue weighted by atomic mass is 10.0. The average molecular weight is 634 g/mol. The fraction of sp³-hybridized carbons (Fsp3) is 0.688. The van der Waals surface area contributed by atoms with Crippen LogP contribution in [0, 0.1) is 11.3 Å². The molecule has 1 aromatic rings. The molecule has 1 rings (SSSR count). The van der Waals surface area contributed by atoms with E-state index in [9.17, 15) is 14.4 Å². The number of hydrogen-bond acceptors (Lipinski definition) is 8. The summed E-state index contributed by atoms with van der Waals surface area (Å²) in [5, 5.41) is 25.4. The summed E-state index contributed by atoms with van der Waals surface area (Å²) in [5.74, 6) is 0.371. The van der Waals surface area contributed by atoms with Crippen molar-refractivity contribution < 1.29 is 19.1 Å². The zero-order valence-corrected chi connectivity index (χ0v) is 27.6. The van der Waals surface area contributed by atoms with Crippen molar-refractivity contribution in [2.45, 2.75) is 83.7 Å². The first-order chi connectivity index (χ1) is 21.6. The minimum Gasteiger partial charge on any atom is -0.496 e. The third-order valence-corrected chi connectivity index (χ3v) is 7.11. The van der Waals surface area contributed by atoms with Gasteiger partial charge in [0.05, 0.1) is 19.6 Å². The number of methoxy groups -OCH3 is 1. The summed E-state index contributed by atoms with van der Waals surface area (Å²) in [5.41, 5.74) is 11.9. The second-order valence-electron chi connectivity index (χ2n) is 11.7. The van der Waals surface area contributed by atoms with E-state index < -0.39 is 12.1 Å². The first kappa shape index (κ1) is 39.6. The quantitative estimate of drug-likeness (QED) is 0.0399. The van der Waals surface area contributed by atoms with Crippen molar-refractivity contribution >= 4 is 23.7 Å². The molecular weight excluding hydrogens is 574 g/mol. The predicted octanol–water partition coefficient (Wildman–Crippen LogP) is 0.721. The zero-order chi connectivity index (χ0) is 33.3. The number of rotatable bonds is 26. The van der Waals surface area contributed by atoms with E-state index in [1.807, 2.05) is 38.1 Å². The van der Waals surface area contributed by atoms with Crippen LogP contribution in [0.15, 0.2) is 24.3 Å². The Morgan fingerprint density at radius 1 is 0.800 bits per heavy atom. The van der Waals surface area contributed by atoms with Crippen LogP contribution in [0.4, 0.5) is 0 Å². The first-order valence-electron chi connectivity index (χ1n) is 16.4. The molecule has 11 N–H and O–H groups in total. The summed E-state index contributed by atoms with van der Waals surface area (Å²) in [6.45, 7) is 9.38. The normalized spacial score (nSPS) is 12.3. The van der Waals surface area contributed by atoms with E-state index in [4.69, 9.17) is 21.6 Å². The molecule has 0 radical (unpaired) electrons. The fourth-order valence-electron chi connectivity index (χ4n) is 4.68. The highest BCUT2D eigenvalue weighted by molar-refractivity contribution is 5.88. The highest BCUT2D eigenvalue weighted by Crippen LogP contribution is 2.18. The van der Waals surface area contributed by atoms with Gasteiger partial charge in [0.15, 0.2) is 5.96 Å². The van der Waals surface area contributed by atoms with Crippen LogP contribution in [0.1, 0.15) is 70.8 Å². The Morgan fingerprint density at radius 3 is 2.04 bits per heavy atom. The first-order valence-corrected chi connectivity index (χ1v) is 16.4. The maximum atomic E-state index is 12.8. The molecular formula is C32H59N9O4. The number of amides is 3. The minimum absolute atomic E-state index is 0.0793. The van der Waals surface area contributed by atoms with Gasteiger partial charge in [-0.2, -0.15) is 0 Å². The second kappa shape index (κ2) is 24.8. The minimum atomic E-state index is -0.558. The van der Waals surface area contributed by atoms with Gasteiger partial charge in [-0.05, 0) is 83.1 Å². The van der Waals surface area contributed by atoms with Crippen molar-refractivity contribution in [1.29, 1.82) is 5.41 Å². The molecule has 0 spiro atoms. The summed E-state index contributed by atoms with van der Waals surface area (Å²) in [4.78, 5) is 37.5. The lowest BCUT2D eigenvalue weighted by Gasteiger charge is -2.20. The van der Waals surface area contributed by atoms with Crippen molar-refractivity contribution in [2.75, 3.05) is 52.9 Å². The number of carbonyl (C=O) groups excluding carboxylic acids is 3. The molecule has 45 heavy (non-hydrogen) atoms. The summed E-state index contributed by atoms with van der Waals surface area (Å²) in [6, 6.07) is 6.30. The molecule has 0 saturated heterocycles. The summed E-state index contributed by atoms with van der Waals surface area (Å²) in [7, 11) is 1.58. The van der Waals surface area contributed by atoms with E-state index in [1.165, 1.54) is 0 Å². The van der Waals surface area contributed by atoms with Crippen LogP contribution in [0.3, 0.4) is 0 Å². The van der Waals surface area contributed by atoms with Crippen molar-refractivity contribution in [3.8, 4) is 5.75 Å². The van der Waals surface area contributed by atoms with E-state index in [0.29, 0.717) is 44.6 Å². The van der Waals surface area contributed by atoms with E-state index in [1.54, 1.807) is 7.11 Å². The lowest BCUT2D eigenvalue weighted by molar-refractivity contribution is -0.129. The van der Waals surface area contributed by atoms with Gasteiger partial charge in [-0.3, -0.25) is 19.8 Å². The number of guanidine groups is 1. The van der Waals surface area contributed by atoms with Gasteiger partial charge in [0, 0.05) is 25.2 Å². The van der Waals surface area contributed by atoms with Crippen LogP contribution in [-0.2, 0) is 20.8 Å². The van der Waals surface area contributed by atoms with Crippen LogP contribution in [0.25, 0.3) is 0 Å². The molecule has 13 nitrogen and oxygen atoms in total. The smallest absolute Gasteiger partial charge is 0.242 e. The Morgan fingerprint density at radius 2 is 1.38 bits per heavy atom. The largest absolute Gasteiger partial charge is 0.496 e. The molecule has 2 unspecified atom stereocenters. The molecule has 13 heteroatoms. The monoisotopic (exact) mass is 633 g/mol. The van der Waals surface area contributed by atoms with E-state index in [0.717, 1.165) is 63.8 Å². The Bertz CT molecular complexity index is 993. The van der Waals surface area contributed by atoms with Crippen molar-refractivity contribution in [1.82, 2.24) is 31.9 Å². The summed E-state index contributed by atoms with van der Waals surface area (Å²) in [6.07, 6.45) is 6.73. The third kappa shape index (κ3) is 20.3. The number of nitrogens with one attached hydrogen (secondary N) is 7. The van der Waals surface area contributed by atoms with Crippen molar-refractivity contribution in [3.05, 3.63) is 29.8 Å². The molecule has 0 saturated carbocycles. The SMILES string of the molecule is COc1ccccc1CC(=O)NC(CC(C)C)C(=O)NCCCCCNCCCNCCCNC(=O)C(N)CCCNC(=N)N. The Balaban J connectivity index is 2.05. The highest BCUT2D eigenvalue weighted by atomic mass is 16.5. The lowest BCUT2D eigenvalue weighted by Crippen LogP contribution is -2.48.